The zero-order valence-electron chi connectivity index (χ0n) is 12.6. The average Bonchev–Trinajstić information content (AvgIpc) is 2.80. The lowest BCUT2D eigenvalue weighted by Crippen LogP contribution is -2.60. The third-order valence-corrected chi connectivity index (χ3v) is 4.36. The third-order valence-electron chi connectivity index (χ3n) is 4.36. The van der Waals surface area contributed by atoms with E-state index in [4.69, 9.17) is 19.3 Å². The van der Waals surface area contributed by atoms with Gasteiger partial charge in [-0.25, -0.2) is 0 Å². The van der Waals surface area contributed by atoms with Crippen LogP contribution in [-0.2, 0) is 14.2 Å². The second-order valence-corrected chi connectivity index (χ2v) is 6.05. The van der Waals surface area contributed by atoms with Crippen LogP contribution in [0.4, 0.5) is 0 Å². The molecule has 0 saturated carbocycles. The summed E-state index contributed by atoms with van der Waals surface area (Å²) in [4.78, 5) is 0. The lowest BCUT2D eigenvalue weighted by molar-refractivity contribution is -0.318. The number of aliphatic hydroxyl groups excluding tert-OH is 7. The van der Waals surface area contributed by atoms with Gasteiger partial charge in [-0.2, -0.15) is 0 Å². The number of hydrogen-bond donors (Lipinski definition) is 7. The Morgan fingerprint density at radius 1 is 0.913 bits per heavy atom. The number of rotatable bonds is 5. The normalized spacial score (nSPS) is 51.1. The molecule has 2 saturated heterocycles. The smallest absolute Gasteiger partial charge is 0.187 e. The van der Waals surface area contributed by atoms with E-state index in [1.54, 1.807) is 0 Å². The van der Waals surface area contributed by atoms with E-state index < -0.39 is 74.4 Å². The molecule has 0 spiro atoms. The van der Waals surface area contributed by atoms with Crippen molar-refractivity contribution in [1.82, 2.24) is 0 Å². The van der Waals surface area contributed by atoms with Gasteiger partial charge in [0.05, 0.1) is 19.8 Å². The quantitative estimate of drug-likeness (QED) is 0.260. The number of hydrogen-bond acceptors (Lipinski definition) is 10. The van der Waals surface area contributed by atoms with Crippen LogP contribution in [0.25, 0.3) is 0 Å². The summed E-state index contributed by atoms with van der Waals surface area (Å²) < 4.78 is 16.0. The van der Waals surface area contributed by atoms with E-state index in [9.17, 15) is 30.6 Å². The topological polar surface area (TPSA) is 169 Å². The number of ether oxygens (including phenoxy) is 3. The minimum Gasteiger partial charge on any atom is -0.394 e. The third kappa shape index (κ3) is 3.37. The standard InChI is InChI=1S/C13H24O10/c1-13(4-16)11(20)10(6(3-15)23-13)22-12-9(19)8(18)7(17)5(2-14)21-12/h5-12,14-20H,2-4H2,1H3/t5?,6-,7+,8-,9?,10+,11?,12+,13+/m1/s1. The van der Waals surface area contributed by atoms with E-state index in [0.717, 1.165) is 0 Å². The van der Waals surface area contributed by atoms with Crippen molar-refractivity contribution in [3.8, 4) is 0 Å². The molecular weight excluding hydrogens is 316 g/mol. The van der Waals surface area contributed by atoms with Crippen molar-refractivity contribution in [3.63, 3.8) is 0 Å². The summed E-state index contributed by atoms with van der Waals surface area (Å²) >= 11 is 0. The van der Waals surface area contributed by atoms with Crippen molar-refractivity contribution in [1.29, 1.82) is 0 Å². The highest BCUT2D eigenvalue weighted by molar-refractivity contribution is 5.01. The molecule has 10 heteroatoms. The van der Waals surface area contributed by atoms with Crippen molar-refractivity contribution >= 4 is 0 Å². The Bertz CT molecular complexity index is 393. The minimum atomic E-state index is -1.64. The maximum atomic E-state index is 10.2. The van der Waals surface area contributed by atoms with Gasteiger partial charge in [0.2, 0.25) is 0 Å². The summed E-state index contributed by atoms with van der Waals surface area (Å²) in [6, 6.07) is 0. The van der Waals surface area contributed by atoms with E-state index in [1.807, 2.05) is 0 Å². The van der Waals surface area contributed by atoms with Crippen LogP contribution >= 0.6 is 0 Å². The Hall–Kier alpha value is -0.400. The highest BCUT2D eigenvalue weighted by atomic mass is 16.7. The molecule has 2 rings (SSSR count). The van der Waals surface area contributed by atoms with Crippen LogP contribution < -0.4 is 0 Å². The zero-order valence-corrected chi connectivity index (χ0v) is 12.6. The Labute approximate surface area is 132 Å². The molecule has 0 aromatic carbocycles. The Kier molecular flexibility index (Phi) is 5.95. The molecule has 0 aromatic heterocycles. The summed E-state index contributed by atoms with van der Waals surface area (Å²) in [7, 11) is 0. The summed E-state index contributed by atoms with van der Waals surface area (Å²) in [6.45, 7) is -0.239. The van der Waals surface area contributed by atoms with E-state index in [-0.39, 0.29) is 0 Å². The van der Waals surface area contributed by atoms with E-state index in [2.05, 4.69) is 0 Å². The van der Waals surface area contributed by atoms with E-state index in [1.165, 1.54) is 6.92 Å². The Morgan fingerprint density at radius 3 is 2.04 bits per heavy atom. The van der Waals surface area contributed by atoms with Gasteiger partial charge in [-0.05, 0) is 6.92 Å². The minimum absolute atomic E-state index is 0.519. The molecule has 23 heavy (non-hydrogen) atoms. The molecule has 2 heterocycles. The maximum absolute atomic E-state index is 10.2. The van der Waals surface area contributed by atoms with Gasteiger partial charge >= 0.3 is 0 Å². The fourth-order valence-corrected chi connectivity index (χ4v) is 2.80. The molecule has 0 aromatic rings. The van der Waals surface area contributed by atoms with E-state index in [0.29, 0.717) is 0 Å². The second kappa shape index (κ2) is 7.23. The molecule has 0 radical (unpaired) electrons. The molecule has 10 nitrogen and oxygen atoms in total. The van der Waals surface area contributed by atoms with Crippen molar-refractivity contribution in [3.05, 3.63) is 0 Å². The Balaban J connectivity index is 2.13. The predicted octanol–water partition coefficient (Wildman–Crippen LogP) is -4.33. The fourth-order valence-electron chi connectivity index (χ4n) is 2.80. The van der Waals surface area contributed by atoms with Crippen LogP contribution in [0.2, 0.25) is 0 Å². The Morgan fingerprint density at radius 2 is 1.52 bits per heavy atom. The predicted molar refractivity (Wildman–Crippen MR) is 72.1 cm³/mol. The first-order chi connectivity index (χ1) is 10.8. The lowest BCUT2D eigenvalue weighted by Gasteiger charge is -2.41. The molecule has 136 valence electrons. The molecule has 2 aliphatic heterocycles. The van der Waals surface area contributed by atoms with Gasteiger partial charge in [0.25, 0.3) is 0 Å². The first-order valence-electron chi connectivity index (χ1n) is 7.32. The van der Waals surface area contributed by atoms with Crippen molar-refractivity contribution in [2.24, 2.45) is 0 Å². The van der Waals surface area contributed by atoms with Gasteiger partial charge < -0.3 is 50.0 Å². The van der Waals surface area contributed by atoms with Gasteiger partial charge in [0.15, 0.2) is 6.29 Å². The molecule has 0 bridgehead atoms. The molecule has 7 N–H and O–H groups in total. The van der Waals surface area contributed by atoms with Crippen LogP contribution in [0.1, 0.15) is 6.92 Å². The SMILES string of the molecule is C[C@@]1(CO)O[C@H](CO)[C@H](O[C@@H]2OC(CO)[C@H](O)[C@@H](O)C2O)C1O. The van der Waals surface area contributed by atoms with Crippen molar-refractivity contribution < 1.29 is 50.0 Å². The molecule has 2 fully saturated rings. The van der Waals surface area contributed by atoms with Crippen LogP contribution in [0.3, 0.4) is 0 Å². The van der Waals surface area contributed by atoms with Crippen LogP contribution in [0.15, 0.2) is 0 Å². The molecule has 2 aliphatic rings. The monoisotopic (exact) mass is 340 g/mol. The van der Waals surface area contributed by atoms with Gasteiger partial charge in [0, 0.05) is 0 Å². The number of aliphatic hydroxyl groups is 7. The van der Waals surface area contributed by atoms with Gasteiger partial charge in [-0.3, -0.25) is 0 Å². The summed E-state index contributed by atoms with van der Waals surface area (Å²) in [5.74, 6) is 0. The zero-order chi connectivity index (χ0) is 17.4. The summed E-state index contributed by atoms with van der Waals surface area (Å²) in [5, 5.41) is 67.4. The highest BCUT2D eigenvalue weighted by Crippen LogP contribution is 2.34. The van der Waals surface area contributed by atoms with Crippen molar-refractivity contribution in [2.75, 3.05) is 19.8 Å². The van der Waals surface area contributed by atoms with E-state index >= 15 is 0 Å². The molecule has 9 atom stereocenters. The largest absolute Gasteiger partial charge is 0.394 e. The van der Waals surface area contributed by atoms with Crippen LogP contribution in [-0.4, -0.2) is 110 Å². The lowest BCUT2D eigenvalue weighted by atomic mass is 9.96. The second-order valence-electron chi connectivity index (χ2n) is 6.05. The van der Waals surface area contributed by atoms with Crippen LogP contribution in [0.5, 0.6) is 0 Å². The molecular formula is C13H24O10. The average molecular weight is 340 g/mol. The first kappa shape index (κ1) is 18.9. The van der Waals surface area contributed by atoms with Crippen LogP contribution in [0, 0.1) is 0 Å². The first-order valence-corrected chi connectivity index (χ1v) is 7.32. The summed E-state index contributed by atoms with van der Waals surface area (Å²) in [5.41, 5.74) is -1.37. The van der Waals surface area contributed by atoms with Gasteiger partial charge in [0.1, 0.15) is 48.3 Å². The fraction of sp³-hybridized carbons (Fsp3) is 1.00. The van der Waals surface area contributed by atoms with Gasteiger partial charge in [-0.15, -0.1) is 0 Å². The maximum Gasteiger partial charge on any atom is 0.187 e. The molecule has 3 unspecified atom stereocenters. The van der Waals surface area contributed by atoms with Gasteiger partial charge in [-0.1, -0.05) is 0 Å². The summed E-state index contributed by atoms with van der Waals surface area (Å²) in [6.07, 6.45) is -10.9. The highest BCUT2D eigenvalue weighted by Gasteiger charge is 2.54. The molecule has 0 aliphatic carbocycles. The van der Waals surface area contributed by atoms with Crippen molar-refractivity contribution in [2.45, 2.75) is 61.5 Å². The molecule has 0 amide bonds.